The Labute approximate surface area is 100 Å². The predicted octanol–water partition coefficient (Wildman–Crippen LogP) is 1.21. The highest BCUT2D eigenvalue weighted by Crippen LogP contribution is 2.29. The Morgan fingerprint density at radius 2 is 1.94 bits per heavy atom. The van der Waals surface area contributed by atoms with Gasteiger partial charge < -0.3 is 15.3 Å². The maximum atomic E-state index is 11.9. The first kappa shape index (κ1) is 12.0. The molecule has 2 rings (SSSR count). The van der Waals surface area contributed by atoms with Gasteiger partial charge in [-0.15, -0.1) is 0 Å². The summed E-state index contributed by atoms with van der Waals surface area (Å²) in [5.74, 6) is -0.452. The summed E-state index contributed by atoms with van der Waals surface area (Å²) in [6.45, 7) is 0.362. The van der Waals surface area contributed by atoms with Gasteiger partial charge in [-0.3, -0.25) is 4.79 Å². The van der Waals surface area contributed by atoms with E-state index < -0.39 is 5.97 Å². The summed E-state index contributed by atoms with van der Waals surface area (Å²) in [6, 6.07) is -0.106. The first-order valence-corrected chi connectivity index (χ1v) is 6.07. The number of carbonyl (C=O) groups excluding carboxylic acids is 1. The quantitative estimate of drug-likeness (QED) is 0.707. The third-order valence-electron chi connectivity index (χ3n) is 3.12. The van der Waals surface area contributed by atoms with Crippen molar-refractivity contribution in [2.24, 2.45) is 5.92 Å². The van der Waals surface area contributed by atoms with Crippen molar-refractivity contribution in [3.05, 3.63) is 12.2 Å². The fourth-order valence-corrected chi connectivity index (χ4v) is 2.00. The normalized spacial score (nSPS) is 19.3. The molecule has 2 aliphatic rings. The van der Waals surface area contributed by atoms with E-state index in [1.807, 2.05) is 12.2 Å². The third-order valence-corrected chi connectivity index (χ3v) is 3.12. The molecule has 5 nitrogen and oxygen atoms in total. The van der Waals surface area contributed by atoms with Crippen molar-refractivity contribution < 1.29 is 14.7 Å². The molecule has 0 heterocycles. The van der Waals surface area contributed by atoms with Crippen molar-refractivity contribution in [1.82, 2.24) is 10.2 Å². The van der Waals surface area contributed by atoms with Crippen LogP contribution in [0.25, 0.3) is 0 Å². The van der Waals surface area contributed by atoms with Crippen molar-refractivity contribution in [1.29, 1.82) is 0 Å². The number of nitrogens with zero attached hydrogens (tertiary/aromatic N) is 1. The van der Waals surface area contributed by atoms with Crippen LogP contribution in [0.3, 0.4) is 0 Å². The van der Waals surface area contributed by atoms with Crippen molar-refractivity contribution in [2.75, 3.05) is 13.1 Å². The molecule has 0 aromatic carbocycles. The Hall–Kier alpha value is -1.52. The van der Waals surface area contributed by atoms with Crippen LogP contribution in [-0.2, 0) is 4.79 Å². The molecular formula is C12H18N2O3. The summed E-state index contributed by atoms with van der Waals surface area (Å²) < 4.78 is 0. The molecule has 2 aliphatic carbocycles. The number of hydrogen-bond acceptors (Lipinski definition) is 2. The van der Waals surface area contributed by atoms with Crippen LogP contribution in [0.4, 0.5) is 4.79 Å². The highest BCUT2D eigenvalue weighted by atomic mass is 16.4. The van der Waals surface area contributed by atoms with Gasteiger partial charge in [0.2, 0.25) is 0 Å². The second kappa shape index (κ2) is 5.21. The van der Waals surface area contributed by atoms with E-state index in [2.05, 4.69) is 5.32 Å². The molecule has 2 amide bonds. The molecular weight excluding hydrogens is 220 g/mol. The number of aliphatic carboxylic acids is 1. The lowest BCUT2D eigenvalue weighted by atomic mass is 10.2. The largest absolute Gasteiger partial charge is 0.480 e. The number of carboxylic acids is 1. The number of rotatable bonds is 5. The summed E-state index contributed by atoms with van der Waals surface area (Å²) in [4.78, 5) is 24.1. The predicted molar refractivity (Wildman–Crippen MR) is 62.6 cm³/mol. The maximum absolute atomic E-state index is 11.9. The van der Waals surface area contributed by atoms with E-state index in [1.165, 1.54) is 4.90 Å². The molecule has 0 unspecified atom stereocenters. The highest BCUT2D eigenvalue weighted by molar-refractivity contribution is 5.80. The van der Waals surface area contributed by atoms with E-state index in [-0.39, 0.29) is 18.6 Å². The second-order valence-corrected chi connectivity index (χ2v) is 4.81. The fourth-order valence-electron chi connectivity index (χ4n) is 2.00. The number of amides is 2. The van der Waals surface area contributed by atoms with Crippen molar-refractivity contribution in [2.45, 2.75) is 31.7 Å². The molecule has 1 fully saturated rings. The van der Waals surface area contributed by atoms with Gasteiger partial charge in [-0.25, -0.2) is 4.79 Å². The zero-order chi connectivity index (χ0) is 12.3. The molecule has 1 saturated carbocycles. The zero-order valence-corrected chi connectivity index (χ0v) is 9.76. The minimum Gasteiger partial charge on any atom is -0.480 e. The van der Waals surface area contributed by atoms with Gasteiger partial charge in [0.1, 0.15) is 6.54 Å². The van der Waals surface area contributed by atoms with Crippen LogP contribution in [0.1, 0.15) is 25.7 Å². The summed E-state index contributed by atoms with van der Waals surface area (Å²) in [7, 11) is 0. The Kier molecular flexibility index (Phi) is 3.66. The summed E-state index contributed by atoms with van der Waals surface area (Å²) >= 11 is 0. The molecule has 0 saturated heterocycles. The lowest BCUT2D eigenvalue weighted by Crippen LogP contribution is -2.46. The Morgan fingerprint density at radius 3 is 2.47 bits per heavy atom. The van der Waals surface area contributed by atoms with E-state index in [4.69, 9.17) is 5.11 Å². The van der Waals surface area contributed by atoms with Gasteiger partial charge >= 0.3 is 12.0 Å². The van der Waals surface area contributed by atoms with Gasteiger partial charge in [-0.05, 0) is 31.6 Å². The molecule has 0 spiro atoms. The number of hydrogen-bond donors (Lipinski definition) is 2. The van der Waals surface area contributed by atoms with Gasteiger partial charge in [0, 0.05) is 12.6 Å². The van der Waals surface area contributed by atoms with Crippen LogP contribution in [0.2, 0.25) is 0 Å². The number of nitrogens with one attached hydrogen (secondary N) is 1. The van der Waals surface area contributed by atoms with Crippen molar-refractivity contribution in [3.63, 3.8) is 0 Å². The van der Waals surface area contributed by atoms with E-state index in [0.717, 1.165) is 25.7 Å². The maximum Gasteiger partial charge on any atom is 0.323 e. The molecule has 17 heavy (non-hydrogen) atoms. The van der Waals surface area contributed by atoms with Gasteiger partial charge in [0.15, 0.2) is 0 Å². The van der Waals surface area contributed by atoms with Gasteiger partial charge in [0.25, 0.3) is 0 Å². The smallest absolute Gasteiger partial charge is 0.323 e. The van der Waals surface area contributed by atoms with E-state index in [0.29, 0.717) is 12.5 Å². The summed E-state index contributed by atoms with van der Waals surface area (Å²) in [5.41, 5.74) is 0. The Balaban J connectivity index is 1.83. The molecule has 5 heteroatoms. The zero-order valence-electron chi connectivity index (χ0n) is 9.76. The highest BCUT2D eigenvalue weighted by Gasteiger charge is 2.28. The van der Waals surface area contributed by atoms with Gasteiger partial charge in [0.05, 0.1) is 0 Å². The molecule has 0 aromatic rings. The second-order valence-electron chi connectivity index (χ2n) is 4.81. The standard InChI is InChI=1S/C12H18N2O3/c15-11(16)8-14(7-9-5-6-9)12(17)13-10-3-1-2-4-10/h1-2,9-10H,3-8H2,(H,13,17)(H,15,16). The molecule has 2 N–H and O–H groups in total. The lowest BCUT2D eigenvalue weighted by molar-refractivity contribution is -0.137. The lowest BCUT2D eigenvalue weighted by Gasteiger charge is -2.23. The topological polar surface area (TPSA) is 69.6 Å². The van der Waals surface area contributed by atoms with Crippen molar-refractivity contribution >= 4 is 12.0 Å². The number of carboxylic acid groups (broad SMARTS) is 1. The van der Waals surface area contributed by atoms with Crippen LogP contribution in [0.15, 0.2) is 12.2 Å². The molecule has 0 radical (unpaired) electrons. The number of urea groups is 1. The molecule has 0 bridgehead atoms. The average Bonchev–Trinajstić information content (AvgIpc) is 2.92. The monoisotopic (exact) mass is 238 g/mol. The SMILES string of the molecule is O=C(O)CN(CC1CC1)C(=O)NC1CC=CC1. The minimum absolute atomic E-state index is 0.137. The third kappa shape index (κ3) is 3.76. The van der Waals surface area contributed by atoms with Crippen LogP contribution >= 0.6 is 0 Å². The summed E-state index contributed by atoms with van der Waals surface area (Å²) in [6.07, 6.45) is 7.97. The first-order chi connectivity index (χ1) is 8.15. The summed E-state index contributed by atoms with van der Waals surface area (Å²) in [5, 5.41) is 11.7. The van der Waals surface area contributed by atoms with E-state index >= 15 is 0 Å². The Bertz CT molecular complexity index is 329. The van der Waals surface area contributed by atoms with Crippen molar-refractivity contribution in [3.8, 4) is 0 Å². The van der Waals surface area contributed by atoms with Crippen LogP contribution in [0.5, 0.6) is 0 Å². The van der Waals surface area contributed by atoms with Gasteiger partial charge in [-0.2, -0.15) is 0 Å². The molecule has 0 aliphatic heterocycles. The van der Waals surface area contributed by atoms with Crippen LogP contribution in [-0.4, -0.2) is 41.1 Å². The van der Waals surface area contributed by atoms with Crippen LogP contribution < -0.4 is 5.32 Å². The Morgan fingerprint density at radius 1 is 1.29 bits per heavy atom. The molecule has 94 valence electrons. The minimum atomic E-state index is -0.953. The number of carbonyl (C=O) groups is 2. The average molecular weight is 238 g/mol. The van der Waals surface area contributed by atoms with Crippen LogP contribution in [0, 0.1) is 5.92 Å². The molecule has 0 atom stereocenters. The molecule has 0 aromatic heterocycles. The first-order valence-electron chi connectivity index (χ1n) is 6.07. The van der Waals surface area contributed by atoms with E-state index in [1.54, 1.807) is 0 Å². The van der Waals surface area contributed by atoms with E-state index in [9.17, 15) is 9.59 Å². The van der Waals surface area contributed by atoms with Gasteiger partial charge in [-0.1, -0.05) is 12.2 Å². The fraction of sp³-hybridized carbons (Fsp3) is 0.667.